The van der Waals surface area contributed by atoms with E-state index in [0.29, 0.717) is 0 Å². The maximum absolute atomic E-state index is 13.4. The largest absolute Gasteiger partial charge is 0.477 e. The van der Waals surface area contributed by atoms with Crippen LogP contribution in [0.3, 0.4) is 0 Å². The third-order valence-electron chi connectivity index (χ3n) is 2.21. The quantitative estimate of drug-likeness (QED) is 0.834. The van der Waals surface area contributed by atoms with Crippen molar-refractivity contribution in [3.63, 3.8) is 0 Å². The fourth-order valence-electron chi connectivity index (χ4n) is 1.40. The molecule has 7 heteroatoms. The highest BCUT2D eigenvalue weighted by molar-refractivity contribution is 6.34. The lowest BCUT2D eigenvalue weighted by molar-refractivity contribution is 0.334. The molecule has 1 heterocycles. The van der Waals surface area contributed by atoms with Gasteiger partial charge in [0.25, 0.3) is 11.8 Å². The number of methoxy groups -OCH3 is 2. The highest BCUT2D eigenvalue weighted by atomic mass is 35.5. The second-order valence-corrected chi connectivity index (χ2v) is 3.57. The van der Waals surface area contributed by atoms with Gasteiger partial charge in [-0.2, -0.15) is 0 Å². The van der Waals surface area contributed by atoms with Gasteiger partial charge in [0.15, 0.2) is 0 Å². The second-order valence-electron chi connectivity index (χ2n) is 3.20. The van der Waals surface area contributed by atoms with E-state index < -0.39 is 5.82 Å². The molecule has 0 spiro atoms. The van der Waals surface area contributed by atoms with Gasteiger partial charge in [-0.1, -0.05) is 11.6 Å². The number of nitrogen functional groups attached to an aromatic ring is 1. The molecule has 0 bridgehead atoms. The summed E-state index contributed by atoms with van der Waals surface area (Å²) in [5.74, 6) is -0.339. The van der Waals surface area contributed by atoms with E-state index in [0.717, 1.165) is 6.07 Å². The van der Waals surface area contributed by atoms with Gasteiger partial charge in [0.05, 0.1) is 25.4 Å². The SMILES string of the molecule is COc1nc2cc(F)c(Cl)c(N)c2nc1OC. The number of hydrogen-bond donors (Lipinski definition) is 1. The van der Waals surface area contributed by atoms with Gasteiger partial charge in [0.2, 0.25) is 0 Å². The number of aromatic nitrogens is 2. The molecule has 0 aliphatic heterocycles. The number of rotatable bonds is 2. The smallest absolute Gasteiger partial charge is 0.278 e. The first-order valence-corrected chi connectivity index (χ1v) is 4.99. The Morgan fingerprint density at radius 2 is 1.82 bits per heavy atom. The standard InChI is InChI=1S/C10H9ClFN3O2/c1-16-9-10(17-2)15-8-5(14-9)3-4(12)6(11)7(8)13/h3H,13H2,1-2H3. The zero-order valence-corrected chi connectivity index (χ0v) is 9.88. The highest BCUT2D eigenvalue weighted by Crippen LogP contribution is 2.33. The first-order chi connectivity index (χ1) is 8.08. The molecule has 0 saturated heterocycles. The lowest BCUT2D eigenvalue weighted by Crippen LogP contribution is -2.01. The number of anilines is 1. The molecular formula is C10H9ClFN3O2. The zero-order chi connectivity index (χ0) is 12.6. The van der Waals surface area contributed by atoms with Crippen molar-refractivity contribution in [3.8, 4) is 11.8 Å². The predicted octanol–water partition coefficient (Wildman–Crippen LogP) is 2.02. The fourth-order valence-corrected chi connectivity index (χ4v) is 1.54. The average Bonchev–Trinajstić information content (AvgIpc) is 2.34. The van der Waals surface area contributed by atoms with Crippen LogP contribution in [0.25, 0.3) is 11.0 Å². The Kier molecular flexibility index (Phi) is 2.89. The molecule has 1 aromatic heterocycles. The molecule has 0 amide bonds. The Morgan fingerprint density at radius 1 is 1.24 bits per heavy atom. The Bertz CT molecular complexity index is 592. The first-order valence-electron chi connectivity index (χ1n) is 4.61. The topological polar surface area (TPSA) is 70.3 Å². The molecule has 0 fully saturated rings. The van der Waals surface area contributed by atoms with Crippen LogP contribution in [0.15, 0.2) is 6.07 Å². The van der Waals surface area contributed by atoms with E-state index in [2.05, 4.69) is 9.97 Å². The first kappa shape index (κ1) is 11.7. The summed E-state index contributed by atoms with van der Waals surface area (Å²) < 4.78 is 23.3. The third-order valence-corrected chi connectivity index (χ3v) is 2.60. The molecule has 2 aromatic rings. The number of nitrogens with zero attached hydrogens (tertiary/aromatic N) is 2. The highest BCUT2D eigenvalue weighted by Gasteiger charge is 2.16. The number of ether oxygens (including phenoxy) is 2. The van der Waals surface area contributed by atoms with Crippen molar-refractivity contribution in [3.05, 3.63) is 16.9 Å². The van der Waals surface area contributed by atoms with Crippen molar-refractivity contribution < 1.29 is 13.9 Å². The van der Waals surface area contributed by atoms with Crippen molar-refractivity contribution in [1.29, 1.82) is 0 Å². The van der Waals surface area contributed by atoms with Crippen molar-refractivity contribution >= 4 is 28.3 Å². The second kappa shape index (κ2) is 4.21. The molecule has 17 heavy (non-hydrogen) atoms. The minimum absolute atomic E-state index is 0.0233. The summed E-state index contributed by atoms with van der Waals surface area (Å²) >= 11 is 5.69. The number of fused-ring (bicyclic) bond motifs is 1. The number of benzene rings is 1. The number of nitrogens with two attached hydrogens (primary N) is 1. The van der Waals surface area contributed by atoms with E-state index >= 15 is 0 Å². The molecule has 0 atom stereocenters. The molecule has 2 N–H and O–H groups in total. The fraction of sp³-hybridized carbons (Fsp3) is 0.200. The monoisotopic (exact) mass is 257 g/mol. The van der Waals surface area contributed by atoms with Crippen molar-refractivity contribution in [2.24, 2.45) is 0 Å². The Morgan fingerprint density at radius 3 is 2.41 bits per heavy atom. The normalized spacial score (nSPS) is 10.6. The van der Waals surface area contributed by atoms with Gasteiger partial charge in [0.1, 0.15) is 16.4 Å². The maximum Gasteiger partial charge on any atom is 0.278 e. The summed E-state index contributed by atoms with van der Waals surface area (Å²) in [4.78, 5) is 8.12. The Hall–Kier alpha value is -1.82. The van der Waals surface area contributed by atoms with Gasteiger partial charge in [0, 0.05) is 6.07 Å². The minimum Gasteiger partial charge on any atom is -0.477 e. The van der Waals surface area contributed by atoms with Gasteiger partial charge in [-0.25, -0.2) is 14.4 Å². The van der Waals surface area contributed by atoms with Crippen LogP contribution in [0.2, 0.25) is 5.02 Å². The van der Waals surface area contributed by atoms with Gasteiger partial charge in [-0.05, 0) is 0 Å². The molecule has 0 aliphatic carbocycles. The summed E-state index contributed by atoms with van der Waals surface area (Å²) in [5, 5.41) is -0.181. The van der Waals surface area contributed by atoms with Crippen LogP contribution < -0.4 is 15.2 Å². The lowest BCUT2D eigenvalue weighted by Gasteiger charge is -2.09. The van der Waals surface area contributed by atoms with E-state index in [9.17, 15) is 4.39 Å². The van der Waals surface area contributed by atoms with Crippen LogP contribution in [-0.2, 0) is 0 Å². The van der Waals surface area contributed by atoms with Gasteiger partial charge >= 0.3 is 0 Å². The molecular weight excluding hydrogens is 249 g/mol. The molecule has 5 nitrogen and oxygen atoms in total. The minimum atomic E-state index is -0.654. The zero-order valence-electron chi connectivity index (χ0n) is 9.12. The summed E-state index contributed by atoms with van der Waals surface area (Å²) in [7, 11) is 2.83. The molecule has 1 aromatic carbocycles. The molecule has 0 aliphatic rings. The van der Waals surface area contributed by atoms with Crippen molar-refractivity contribution in [2.45, 2.75) is 0 Å². The van der Waals surface area contributed by atoms with E-state index in [4.69, 9.17) is 26.8 Å². The number of halogens is 2. The van der Waals surface area contributed by atoms with Crippen LogP contribution in [0.1, 0.15) is 0 Å². The lowest BCUT2D eigenvalue weighted by atomic mass is 10.2. The summed E-state index contributed by atoms with van der Waals surface area (Å²) in [6, 6.07) is 1.14. The third kappa shape index (κ3) is 1.80. The van der Waals surface area contributed by atoms with Crippen LogP contribution in [0.5, 0.6) is 11.8 Å². The molecule has 0 saturated carbocycles. The molecule has 0 radical (unpaired) electrons. The Balaban J connectivity index is 2.83. The van der Waals surface area contributed by atoms with Crippen molar-refractivity contribution in [1.82, 2.24) is 9.97 Å². The van der Waals surface area contributed by atoms with Gasteiger partial charge in [-0.15, -0.1) is 0 Å². The van der Waals surface area contributed by atoms with Crippen LogP contribution in [0.4, 0.5) is 10.1 Å². The van der Waals surface area contributed by atoms with Crippen molar-refractivity contribution in [2.75, 3.05) is 20.0 Å². The predicted molar refractivity (Wildman–Crippen MR) is 62.0 cm³/mol. The maximum atomic E-state index is 13.4. The molecule has 90 valence electrons. The summed E-state index contributed by atoms with van der Waals surface area (Å²) in [6.45, 7) is 0. The Labute approximate surface area is 101 Å². The summed E-state index contributed by atoms with van der Waals surface area (Å²) in [5.41, 5.74) is 6.21. The molecule has 0 unspecified atom stereocenters. The van der Waals surface area contributed by atoms with E-state index in [1.54, 1.807) is 0 Å². The van der Waals surface area contributed by atoms with Gasteiger partial charge in [-0.3, -0.25) is 0 Å². The molecule has 2 rings (SSSR count). The van der Waals surface area contributed by atoms with Crippen LogP contribution in [-0.4, -0.2) is 24.2 Å². The summed E-state index contributed by atoms with van der Waals surface area (Å²) in [6.07, 6.45) is 0. The van der Waals surface area contributed by atoms with Crippen LogP contribution >= 0.6 is 11.6 Å². The van der Waals surface area contributed by atoms with Gasteiger partial charge < -0.3 is 15.2 Å². The average molecular weight is 258 g/mol. The van der Waals surface area contributed by atoms with E-state index in [1.807, 2.05) is 0 Å². The number of hydrogen-bond acceptors (Lipinski definition) is 5. The van der Waals surface area contributed by atoms with E-state index in [1.165, 1.54) is 14.2 Å². The van der Waals surface area contributed by atoms with Crippen LogP contribution in [0, 0.1) is 5.82 Å². The van der Waals surface area contributed by atoms with E-state index in [-0.39, 0.29) is 33.5 Å².